The van der Waals surface area contributed by atoms with E-state index in [-0.39, 0.29) is 0 Å². The first-order chi connectivity index (χ1) is 12.5. The molecule has 0 radical (unpaired) electrons. The Bertz CT molecular complexity index is 758. The number of anilines is 1. The van der Waals surface area contributed by atoms with E-state index < -0.39 is 11.7 Å². The van der Waals surface area contributed by atoms with E-state index in [1.165, 1.54) is 23.8 Å². The summed E-state index contributed by atoms with van der Waals surface area (Å²) in [4.78, 5) is 9.20. The lowest BCUT2D eigenvalue weighted by molar-refractivity contribution is -0.137. The number of rotatable bonds is 3. The molecule has 8 heteroatoms. The molecule has 2 aliphatic heterocycles. The van der Waals surface area contributed by atoms with E-state index in [4.69, 9.17) is 4.74 Å². The van der Waals surface area contributed by atoms with E-state index in [0.717, 1.165) is 74.3 Å². The topological polar surface area (TPSA) is 28.6 Å². The number of aromatic nitrogens is 1. The molecule has 3 heterocycles. The van der Waals surface area contributed by atoms with Crippen molar-refractivity contribution < 1.29 is 17.9 Å². The van der Waals surface area contributed by atoms with Gasteiger partial charge in [0.1, 0.15) is 0 Å². The number of hydrogen-bond acceptors (Lipinski definition) is 5. The minimum Gasteiger partial charge on any atom is -0.379 e. The molecule has 0 amide bonds. The van der Waals surface area contributed by atoms with Crippen LogP contribution in [0.15, 0.2) is 18.2 Å². The molecule has 2 fully saturated rings. The molecule has 0 bridgehead atoms. The fourth-order valence-corrected chi connectivity index (χ4v) is 4.74. The zero-order valence-corrected chi connectivity index (χ0v) is 15.3. The number of nitrogens with zero attached hydrogens (tertiary/aromatic N) is 3. The largest absolute Gasteiger partial charge is 0.416 e. The van der Waals surface area contributed by atoms with E-state index in [9.17, 15) is 13.2 Å². The lowest BCUT2D eigenvalue weighted by Gasteiger charge is -2.36. The van der Waals surface area contributed by atoms with Crippen LogP contribution in [0.25, 0.3) is 10.2 Å². The Balaban J connectivity index is 1.47. The number of benzene rings is 1. The van der Waals surface area contributed by atoms with Crippen LogP contribution in [0.2, 0.25) is 0 Å². The fourth-order valence-electron chi connectivity index (χ4n) is 3.76. The van der Waals surface area contributed by atoms with E-state index >= 15 is 0 Å². The van der Waals surface area contributed by atoms with Gasteiger partial charge in [0.2, 0.25) is 0 Å². The van der Waals surface area contributed by atoms with Gasteiger partial charge >= 0.3 is 6.18 Å². The van der Waals surface area contributed by atoms with Gasteiger partial charge in [0.25, 0.3) is 0 Å². The maximum Gasteiger partial charge on any atom is 0.416 e. The van der Waals surface area contributed by atoms with E-state index in [0.29, 0.717) is 11.4 Å². The van der Waals surface area contributed by atoms with Crippen molar-refractivity contribution in [3.8, 4) is 0 Å². The number of ether oxygens (including phenoxy) is 1. The Morgan fingerprint density at radius 3 is 2.77 bits per heavy atom. The zero-order valence-electron chi connectivity index (χ0n) is 14.5. The van der Waals surface area contributed by atoms with Gasteiger partial charge in [-0.15, -0.1) is 0 Å². The number of fused-ring (bicyclic) bond motifs is 1. The summed E-state index contributed by atoms with van der Waals surface area (Å²) >= 11 is 1.49. The molecule has 1 aromatic carbocycles. The molecule has 2 aliphatic rings. The Kier molecular flexibility index (Phi) is 5.07. The van der Waals surface area contributed by atoms with Crippen molar-refractivity contribution in [2.75, 3.05) is 50.8 Å². The van der Waals surface area contributed by atoms with E-state index in [2.05, 4.69) is 14.8 Å². The van der Waals surface area contributed by atoms with Gasteiger partial charge in [-0.25, -0.2) is 4.98 Å². The maximum absolute atomic E-state index is 12.9. The van der Waals surface area contributed by atoms with Crippen molar-refractivity contribution in [2.45, 2.75) is 19.0 Å². The summed E-state index contributed by atoms with van der Waals surface area (Å²) in [6.07, 6.45) is -2.04. The van der Waals surface area contributed by atoms with E-state index in [1.54, 1.807) is 0 Å². The summed E-state index contributed by atoms with van der Waals surface area (Å²) < 4.78 is 44.9. The lowest BCUT2D eigenvalue weighted by Crippen LogP contribution is -2.44. The zero-order chi connectivity index (χ0) is 18.1. The number of halogens is 3. The van der Waals surface area contributed by atoms with Gasteiger partial charge in [0.05, 0.1) is 29.0 Å². The highest BCUT2D eigenvalue weighted by Crippen LogP contribution is 2.36. The normalized spacial score (nSPS) is 22.9. The smallest absolute Gasteiger partial charge is 0.379 e. The summed E-state index contributed by atoms with van der Waals surface area (Å²) in [6.45, 7) is 6.47. The van der Waals surface area contributed by atoms with Crippen LogP contribution in [0.1, 0.15) is 18.4 Å². The first kappa shape index (κ1) is 18.0. The second kappa shape index (κ2) is 7.32. The van der Waals surface area contributed by atoms with Gasteiger partial charge in [-0.2, -0.15) is 13.2 Å². The lowest BCUT2D eigenvalue weighted by atomic mass is 9.97. The average Bonchev–Trinajstić information content (AvgIpc) is 3.05. The molecule has 1 aromatic heterocycles. The molecule has 2 aromatic rings. The van der Waals surface area contributed by atoms with Crippen molar-refractivity contribution in [3.63, 3.8) is 0 Å². The average molecular weight is 385 g/mol. The number of hydrogen-bond donors (Lipinski definition) is 0. The van der Waals surface area contributed by atoms with Gasteiger partial charge in [-0.05, 0) is 37.0 Å². The Morgan fingerprint density at radius 1 is 1.19 bits per heavy atom. The van der Waals surface area contributed by atoms with Gasteiger partial charge in [0, 0.05) is 32.7 Å². The molecule has 1 unspecified atom stereocenters. The van der Waals surface area contributed by atoms with Crippen LogP contribution < -0.4 is 4.90 Å². The standard InChI is InChI=1S/C18H22F3N3OS/c19-18(20,21)14-3-4-16-15(10-14)22-17(26-16)24-5-1-2-13(12-24)11-23-6-8-25-9-7-23/h3-4,10,13H,1-2,5-9,11-12H2. The Morgan fingerprint density at radius 2 is 2.00 bits per heavy atom. The molecule has 4 nitrogen and oxygen atoms in total. The second-order valence-electron chi connectivity index (χ2n) is 7.04. The van der Waals surface area contributed by atoms with Gasteiger partial charge in [-0.1, -0.05) is 11.3 Å². The van der Waals surface area contributed by atoms with Crippen molar-refractivity contribution in [3.05, 3.63) is 23.8 Å². The number of morpholine rings is 1. The molecular formula is C18H22F3N3OS. The minimum atomic E-state index is -4.33. The maximum atomic E-state index is 12.9. The predicted molar refractivity (Wildman–Crippen MR) is 96.8 cm³/mol. The van der Waals surface area contributed by atoms with Crippen LogP contribution >= 0.6 is 11.3 Å². The second-order valence-corrected chi connectivity index (χ2v) is 8.05. The van der Waals surface area contributed by atoms with Crippen LogP contribution in [0, 0.1) is 5.92 Å². The molecule has 0 saturated carbocycles. The monoisotopic (exact) mass is 385 g/mol. The molecule has 1 atom stereocenters. The van der Waals surface area contributed by atoms with Crippen LogP contribution in [-0.4, -0.2) is 55.8 Å². The highest BCUT2D eigenvalue weighted by Gasteiger charge is 2.31. The number of thiazole rings is 1. The molecule has 0 aliphatic carbocycles. The summed E-state index contributed by atoms with van der Waals surface area (Å²) in [7, 11) is 0. The van der Waals surface area contributed by atoms with Crippen LogP contribution in [-0.2, 0) is 10.9 Å². The number of alkyl halides is 3. The Labute approximate surface area is 154 Å². The summed E-state index contributed by atoms with van der Waals surface area (Å²) in [5.41, 5.74) is -0.194. The van der Waals surface area contributed by atoms with Gasteiger partial charge in [0.15, 0.2) is 5.13 Å². The van der Waals surface area contributed by atoms with Crippen LogP contribution in [0.5, 0.6) is 0 Å². The SMILES string of the molecule is FC(F)(F)c1ccc2sc(N3CCCC(CN4CCOCC4)C3)nc2c1. The van der Waals surface area contributed by atoms with Crippen molar-refractivity contribution in [2.24, 2.45) is 5.92 Å². The molecule has 142 valence electrons. The number of piperidine rings is 1. The third-order valence-electron chi connectivity index (χ3n) is 5.11. The predicted octanol–water partition coefficient (Wildman–Crippen LogP) is 3.86. The fraction of sp³-hybridized carbons (Fsp3) is 0.611. The first-order valence-electron chi connectivity index (χ1n) is 9.02. The third kappa shape index (κ3) is 3.97. The summed E-state index contributed by atoms with van der Waals surface area (Å²) in [6, 6.07) is 3.83. The minimum absolute atomic E-state index is 0.440. The quantitative estimate of drug-likeness (QED) is 0.802. The first-order valence-corrected chi connectivity index (χ1v) is 9.83. The third-order valence-corrected chi connectivity index (χ3v) is 6.21. The van der Waals surface area contributed by atoms with Crippen LogP contribution in [0.4, 0.5) is 18.3 Å². The molecule has 4 rings (SSSR count). The highest BCUT2D eigenvalue weighted by molar-refractivity contribution is 7.22. The Hall–Kier alpha value is -1.38. The van der Waals surface area contributed by atoms with Gasteiger partial charge < -0.3 is 9.64 Å². The molecule has 2 saturated heterocycles. The molecule has 0 spiro atoms. The van der Waals surface area contributed by atoms with Crippen LogP contribution in [0.3, 0.4) is 0 Å². The van der Waals surface area contributed by atoms with E-state index in [1.807, 2.05) is 0 Å². The summed E-state index contributed by atoms with van der Waals surface area (Å²) in [5, 5.41) is 0.839. The molecule has 26 heavy (non-hydrogen) atoms. The molecule has 0 N–H and O–H groups in total. The summed E-state index contributed by atoms with van der Waals surface area (Å²) in [5.74, 6) is 0.569. The molecular weight excluding hydrogens is 363 g/mol. The van der Waals surface area contributed by atoms with Crippen molar-refractivity contribution >= 4 is 26.7 Å². The van der Waals surface area contributed by atoms with Crippen molar-refractivity contribution in [1.82, 2.24) is 9.88 Å². The van der Waals surface area contributed by atoms with Crippen molar-refractivity contribution in [1.29, 1.82) is 0 Å². The highest BCUT2D eigenvalue weighted by atomic mass is 32.1. The van der Waals surface area contributed by atoms with Gasteiger partial charge in [-0.3, -0.25) is 4.90 Å².